The zero-order valence-corrected chi connectivity index (χ0v) is 50.5. The minimum Gasteiger partial charge on any atom is -0.394 e. The van der Waals surface area contributed by atoms with Gasteiger partial charge in [-0.25, -0.2) is 0 Å². The van der Waals surface area contributed by atoms with Gasteiger partial charge >= 0.3 is 0 Å². The number of rotatable bonds is 28. The fraction of sp³-hybridized carbons (Fsp3) is 0.923. The second-order valence-corrected chi connectivity index (χ2v) is 23.2. The predicted octanol–water partition coefficient (Wildman–Crippen LogP) is -16.7. The van der Waals surface area contributed by atoms with E-state index in [4.69, 9.17) is 66.3 Å². The standard InChI is InChI=1S/C52H88N4O38/c1-14(66)54-25-32(73)28(69)18(5-58)82-46(25)92-43-29(70)19(6-59)83-50(37(43)78)89-40-22(9-62)86-47(26(33(40)74)55-15(2)67)93-44-30(71)20(7-60)84-51(38(44)79)90-41-23(10-63)87-48(27(34(41)75)56-16(3)68)94-45-31(72)21(8-61)85-52(39(45)80)91-42-24(11-64)88-49(36(77)35(42)76)81-12-17(4-57)53-13-65/h13,17-52,57-64,69-80H,4-12H2,1-3H3,(H,53,65)(H,54,66)(H,55,67)(H,56,68)/t17-,18-,19-,20-,21-,22-,23-,24-,25-,26-,27-,28-,29+,30+,31+,32-,33-,34-,35-,36-,37-,38-,39-,40-,41-,42-,43+,44+,45+,46+,47+,48+,49-,50+,51+,52+/m1/s1. The van der Waals surface area contributed by atoms with E-state index < -0.39 is 298 Å². The van der Waals surface area contributed by atoms with Crippen molar-refractivity contribution in [1.29, 1.82) is 0 Å². The maximum absolute atomic E-state index is 12.8. The molecule has 0 aromatic heterocycles. The first-order chi connectivity index (χ1) is 44.6. The van der Waals surface area contributed by atoms with Crippen LogP contribution in [0.5, 0.6) is 0 Å². The molecule has 0 aromatic carbocycles. The van der Waals surface area contributed by atoms with Crippen LogP contribution in [-0.2, 0) is 85.5 Å². The van der Waals surface area contributed by atoms with E-state index in [-0.39, 0.29) is 6.41 Å². The third-order valence-electron chi connectivity index (χ3n) is 16.7. The fourth-order valence-corrected chi connectivity index (χ4v) is 11.8. The van der Waals surface area contributed by atoms with Crippen LogP contribution >= 0.6 is 0 Å². The van der Waals surface area contributed by atoms with Crippen LogP contribution in [0.25, 0.3) is 0 Å². The van der Waals surface area contributed by atoms with Crippen LogP contribution in [0.3, 0.4) is 0 Å². The molecular formula is C52H88N4O38. The minimum absolute atomic E-state index is 0.266. The Balaban J connectivity index is 1.07. The number of ether oxygens (including phenoxy) is 14. The van der Waals surface area contributed by atoms with Gasteiger partial charge in [0.2, 0.25) is 24.1 Å². The van der Waals surface area contributed by atoms with Gasteiger partial charge in [-0.2, -0.15) is 0 Å². The van der Waals surface area contributed by atoms with E-state index in [0.717, 1.165) is 20.8 Å². The maximum atomic E-state index is 12.8. The summed E-state index contributed by atoms with van der Waals surface area (Å²) in [4.78, 5) is 48.6. The van der Waals surface area contributed by atoms with Gasteiger partial charge in [-0.3, -0.25) is 19.2 Å². The largest absolute Gasteiger partial charge is 0.394 e. The Bertz CT molecular complexity index is 2370. The lowest BCUT2D eigenvalue weighted by Crippen LogP contribution is -2.71. The van der Waals surface area contributed by atoms with Crippen LogP contribution in [0.4, 0.5) is 0 Å². The minimum atomic E-state index is -2.31. The van der Waals surface area contributed by atoms with Crippen LogP contribution in [0.2, 0.25) is 0 Å². The van der Waals surface area contributed by atoms with Crippen LogP contribution in [0, 0.1) is 0 Å². The second-order valence-electron chi connectivity index (χ2n) is 23.2. The number of hydrogen-bond acceptors (Lipinski definition) is 38. The van der Waals surface area contributed by atoms with E-state index >= 15 is 0 Å². The summed E-state index contributed by atoms with van der Waals surface area (Å²) in [7, 11) is 0. The maximum Gasteiger partial charge on any atom is 0.217 e. The molecule has 0 aliphatic carbocycles. The molecule has 7 aliphatic heterocycles. The average molecular weight is 1380 g/mol. The van der Waals surface area contributed by atoms with Crippen molar-refractivity contribution in [1.82, 2.24) is 21.3 Å². The molecule has 0 radical (unpaired) electrons. The summed E-state index contributed by atoms with van der Waals surface area (Å²) in [6.45, 7) is -5.27. The van der Waals surface area contributed by atoms with Crippen LogP contribution in [0.1, 0.15) is 20.8 Å². The van der Waals surface area contributed by atoms with Crippen molar-refractivity contribution >= 4 is 24.1 Å². The van der Waals surface area contributed by atoms with Gasteiger partial charge in [-0.15, -0.1) is 0 Å². The average Bonchev–Trinajstić information content (AvgIpc) is 0.778. The van der Waals surface area contributed by atoms with Crippen LogP contribution in [0.15, 0.2) is 0 Å². The topological polar surface area (TPSA) is 650 Å². The third-order valence-corrected chi connectivity index (χ3v) is 16.7. The molecule has 94 heavy (non-hydrogen) atoms. The molecule has 4 amide bonds. The van der Waals surface area contributed by atoms with Crippen molar-refractivity contribution in [3.8, 4) is 0 Å². The number of carbonyl (C=O) groups is 4. The number of hydrogen-bond donors (Lipinski definition) is 24. The summed E-state index contributed by atoms with van der Waals surface area (Å²) in [5.74, 6) is -2.57. The normalized spacial score (nSPS) is 46.4. The lowest BCUT2D eigenvalue weighted by Gasteiger charge is -2.51. The van der Waals surface area contributed by atoms with Gasteiger partial charge in [0.1, 0.15) is 171 Å². The molecule has 0 aromatic rings. The summed E-state index contributed by atoms with van der Waals surface area (Å²) < 4.78 is 81.0. The summed E-state index contributed by atoms with van der Waals surface area (Å²) in [6, 6.07) is -6.33. The monoisotopic (exact) mass is 1380 g/mol. The van der Waals surface area contributed by atoms with Crippen molar-refractivity contribution in [2.45, 2.75) is 242 Å². The summed E-state index contributed by atoms with van der Waals surface area (Å²) in [5.41, 5.74) is 0. The molecular weight excluding hydrogens is 1290 g/mol. The number of nitrogens with one attached hydrogen (secondary N) is 4. The van der Waals surface area contributed by atoms with E-state index in [1.54, 1.807) is 0 Å². The highest BCUT2D eigenvalue weighted by molar-refractivity contribution is 5.74. The molecule has 0 spiro atoms. The van der Waals surface area contributed by atoms with Crippen molar-refractivity contribution in [3.63, 3.8) is 0 Å². The molecule has 7 aliphatic rings. The zero-order chi connectivity index (χ0) is 69.3. The number of aliphatic hydroxyl groups is 20. The van der Waals surface area contributed by atoms with Gasteiger partial charge in [0.15, 0.2) is 44.0 Å². The molecule has 7 heterocycles. The van der Waals surface area contributed by atoms with E-state index in [2.05, 4.69) is 21.3 Å². The Morgan fingerprint density at radius 3 is 0.926 bits per heavy atom. The van der Waals surface area contributed by atoms with E-state index in [0.29, 0.717) is 0 Å². The van der Waals surface area contributed by atoms with Crippen molar-refractivity contribution in [2.24, 2.45) is 0 Å². The first-order valence-corrected chi connectivity index (χ1v) is 29.8. The molecule has 544 valence electrons. The smallest absolute Gasteiger partial charge is 0.217 e. The molecule has 7 fully saturated rings. The SMILES string of the molecule is CC(=O)N[C@H]1[C@H](O[C@H]2[C@@H](O)[C@@H](CO)O[C@@H](O[C@H]3[C@H](O)[C@@H](O)[C@H](OC[C@@H](CO)NC=O)O[C@@H]3CO)[C@@H]2O)O[C@H](CO)[C@@H](O[C@@H]2O[C@H](CO)[C@H](O)[C@H](O[C@@H]3O[C@H](CO)[C@@H](O[C@@H]4O[C@H](CO)[C@H](O)[C@H](O[C@@H]5O[C@H](CO)[C@@H](O)[C@H](O)[C@H]5NC(C)=O)[C@H]4O)[C@H](O)[C@H]3NC(C)=O)[C@H]2O)[C@@H]1O. The third kappa shape index (κ3) is 17.6. The Hall–Kier alpha value is -3.48. The Morgan fingerprint density at radius 2 is 0.617 bits per heavy atom. The van der Waals surface area contributed by atoms with Crippen molar-refractivity contribution in [3.05, 3.63) is 0 Å². The Labute approximate surface area is 533 Å². The number of amides is 4. The first kappa shape index (κ1) is 77.9. The molecule has 42 nitrogen and oxygen atoms in total. The lowest BCUT2D eigenvalue weighted by atomic mass is 9.93. The van der Waals surface area contributed by atoms with Gasteiger partial charge < -0.3 is 190 Å². The molecule has 36 atom stereocenters. The summed E-state index contributed by atoms with van der Waals surface area (Å²) in [5, 5.41) is 228. The molecule has 42 heteroatoms. The molecule has 0 bridgehead atoms. The highest BCUT2D eigenvalue weighted by atomic mass is 16.8. The summed E-state index contributed by atoms with van der Waals surface area (Å²) in [6.07, 6.45) is -62.2. The highest BCUT2D eigenvalue weighted by Gasteiger charge is 2.59. The van der Waals surface area contributed by atoms with Crippen molar-refractivity contribution < 1.29 is 188 Å². The highest BCUT2D eigenvalue weighted by Crippen LogP contribution is 2.38. The quantitative estimate of drug-likeness (QED) is 0.0324. The molecule has 7 rings (SSSR count). The second kappa shape index (κ2) is 35.0. The molecule has 0 unspecified atom stereocenters. The van der Waals surface area contributed by atoms with E-state index in [1.807, 2.05) is 0 Å². The predicted molar refractivity (Wildman–Crippen MR) is 290 cm³/mol. The summed E-state index contributed by atoms with van der Waals surface area (Å²) >= 11 is 0. The lowest BCUT2D eigenvalue weighted by molar-refractivity contribution is -0.388. The number of carbonyl (C=O) groups excluding carboxylic acids is 4. The molecule has 24 N–H and O–H groups in total. The fourth-order valence-electron chi connectivity index (χ4n) is 11.8. The van der Waals surface area contributed by atoms with Gasteiger partial charge in [-0.05, 0) is 0 Å². The molecule has 7 saturated heterocycles. The van der Waals surface area contributed by atoms with E-state index in [9.17, 15) is 121 Å². The van der Waals surface area contributed by atoms with Gasteiger partial charge in [0, 0.05) is 20.8 Å². The van der Waals surface area contributed by atoms with Gasteiger partial charge in [-0.1, -0.05) is 0 Å². The van der Waals surface area contributed by atoms with E-state index in [1.165, 1.54) is 0 Å². The van der Waals surface area contributed by atoms with Crippen LogP contribution in [-0.4, -0.2) is 407 Å². The van der Waals surface area contributed by atoms with Gasteiger partial charge in [0.05, 0.1) is 65.5 Å². The Morgan fingerprint density at radius 1 is 0.340 bits per heavy atom. The molecule has 0 saturated carbocycles. The van der Waals surface area contributed by atoms with Crippen LogP contribution < -0.4 is 21.3 Å². The zero-order valence-electron chi connectivity index (χ0n) is 50.5. The number of aliphatic hydroxyl groups excluding tert-OH is 20. The van der Waals surface area contributed by atoms with Gasteiger partial charge in [0.25, 0.3) is 0 Å². The van der Waals surface area contributed by atoms with Crippen molar-refractivity contribution in [2.75, 3.05) is 59.5 Å². The first-order valence-electron chi connectivity index (χ1n) is 29.8. The Kier molecular flexibility index (Phi) is 29.0.